The number of carbonyl (C=O) groups excluding carboxylic acids is 1. The fourth-order valence-corrected chi connectivity index (χ4v) is 2.60. The largest absolute Gasteiger partial charge is 0.388 e. The van der Waals surface area contributed by atoms with Crippen molar-refractivity contribution in [3.8, 4) is 0 Å². The first kappa shape index (κ1) is 14.5. The van der Waals surface area contributed by atoms with Gasteiger partial charge in [0.05, 0.1) is 11.6 Å². The molecule has 1 fully saturated rings. The number of carbonyl (C=O) groups is 1. The summed E-state index contributed by atoms with van der Waals surface area (Å²) in [6, 6.07) is -0.440. The van der Waals surface area contributed by atoms with Gasteiger partial charge in [0.1, 0.15) is 0 Å². The van der Waals surface area contributed by atoms with Gasteiger partial charge in [-0.15, -0.1) is 0 Å². The van der Waals surface area contributed by atoms with Crippen LogP contribution in [0.1, 0.15) is 46.0 Å². The third-order valence-electron chi connectivity index (χ3n) is 3.48. The lowest BCUT2D eigenvalue weighted by molar-refractivity contribution is -0.134. The average molecular weight is 242 g/mol. The molecule has 0 unspecified atom stereocenters. The van der Waals surface area contributed by atoms with Crippen LogP contribution in [-0.2, 0) is 4.79 Å². The summed E-state index contributed by atoms with van der Waals surface area (Å²) >= 11 is 0. The highest BCUT2D eigenvalue weighted by Gasteiger charge is 2.34. The van der Waals surface area contributed by atoms with E-state index in [1.807, 2.05) is 0 Å². The predicted molar refractivity (Wildman–Crippen MR) is 68.5 cm³/mol. The molecule has 1 aliphatic rings. The summed E-state index contributed by atoms with van der Waals surface area (Å²) in [6.45, 7) is 4.52. The molecule has 17 heavy (non-hydrogen) atoms. The molecule has 0 saturated heterocycles. The van der Waals surface area contributed by atoms with Crippen molar-refractivity contribution in [3.63, 3.8) is 0 Å². The minimum absolute atomic E-state index is 0.0565. The van der Waals surface area contributed by atoms with Crippen LogP contribution in [0.15, 0.2) is 0 Å². The van der Waals surface area contributed by atoms with E-state index < -0.39 is 11.6 Å². The molecule has 0 heterocycles. The Morgan fingerprint density at radius 2 is 1.94 bits per heavy atom. The third-order valence-corrected chi connectivity index (χ3v) is 3.48. The molecule has 4 nitrogen and oxygen atoms in total. The predicted octanol–water partition coefficient (Wildman–Crippen LogP) is 1.12. The maximum absolute atomic E-state index is 12.0. The monoisotopic (exact) mass is 242 g/mol. The van der Waals surface area contributed by atoms with Crippen molar-refractivity contribution in [2.75, 3.05) is 13.6 Å². The second-order valence-corrected chi connectivity index (χ2v) is 5.86. The van der Waals surface area contributed by atoms with Gasteiger partial charge in [-0.25, -0.2) is 0 Å². The maximum Gasteiger partial charge on any atom is 0.239 e. The molecular weight excluding hydrogens is 216 g/mol. The van der Waals surface area contributed by atoms with Gasteiger partial charge in [-0.1, -0.05) is 26.7 Å². The summed E-state index contributed by atoms with van der Waals surface area (Å²) in [5.74, 6) is 0.357. The topological polar surface area (TPSA) is 66.6 Å². The Morgan fingerprint density at radius 3 is 2.41 bits per heavy atom. The molecule has 0 bridgehead atoms. The van der Waals surface area contributed by atoms with Gasteiger partial charge in [-0.05, 0) is 25.2 Å². The van der Waals surface area contributed by atoms with E-state index in [0.29, 0.717) is 18.9 Å². The zero-order valence-corrected chi connectivity index (χ0v) is 11.3. The van der Waals surface area contributed by atoms with E-state index >= 15 is 0 Å². The molecule has 1 rings (SSSR count). The van der Waals surface area contributed by atoms with Crippen LogP contribution in [0, 0.1) is 5.92 Å². The van der Waals surface area contributed by atoms with Gasteiger partial charge in [0.2, 0.25) is 5.91 Å². The Morgan fingerprint density at radius 1 is 1.41 bits per heavy atom. The lowest BCUT2D eigenvalue weighted by Gasteiger charge is -2.30. The lowest BCUT2D eigenvalue weighted by Crippen LogP contribution is -2.48. The highest BCUT2D eigenvalue weighted by atomic mass is 16.3. The fourth-order valence-electron chi connectivity index (χ4n) is 2.60. The van der Waals surface area contributed by atoms with Gasteiger partial charge in [-0.2, -0.15) is 0 Å². The summed E-state index contributed by atoms with van der Waals surface area (Å²) < 4.78 is 0. The summed E-state index contributed by atoms with van der Waals surface area (Å²) in [7, 11) is 1.73. The van der Waals surface area contributed by atoms with E-state index in [4.69, 9.17) is 5.73 Å². The second kappa shape index (κ2) is 5.83. The normalized spacial score (nSPS) is 20.6. The van der Waals surface area contributed by atoms with Crippen LogP contribution in [0.4, 0.5) is 0 Å². The van der Waals surface area contributed by atoms with E-state index in [1.165, 1.54) is 0 Å². The molecule has 1 amide bonds. The number of hydrogen-bond donors (Lipinski definition) is 2. The molecule has 0 radical (unpaired) electrons. The smallest absolute Gasteiger partial charge is 0.239 e. The summed E-state index contributed by atoms with van der Waals surface area (Å²) in [6.07, 6.45) is 4.39. The fraction of sp³-hybridized carbons (Fsp3) is 0.923. The van der Waals surface area contributed by atoms with Gasteiger partial charge in [0.15, 0.2) is 0 Å². The first-order chi connectivity index (χ1) is 7.84. The number of rotatable bonds is 5. The van der Waals surface area contributed by atoms with Crippen LogP contribution in [0.25, 0.3) is 0 Å². The van der Waals surface area contributed by atoms with Gasteiger partial charge in [-0.3, -0.25) is 4.79 Å². The van der Waals surface area contributed by atoms with Gasteiger partial charge in [0.25, 0.3) is 0 Å². The molecule has 4 heteroatoms. The second-order valence-electron chi connectivity index (χ2n) is 5.86. The van der Waals surface area contributed by atoms with Crippen molar-refractivity contribution in [2.45, 2.75) is 57.6 Å². The molecule has 100 valence electrons. The number of nitrogens with zero attached hydrogens (tertiary/aromatic N) is 1. The van der Waals surface area contributed by atoms with Crippen molar-refractivity contribution < 1.29 is 9.90 Å². The minimum Gasteiger partial charge on any atom is -0.388 e. The molecule has 1 atom stereocenters. The van der Waals surface area contributed by atoms with Crippen LogP contribution in [0.3, 0.4) is 0 Å². The Labute approximate surface area is 104 Å². The van der Waals surface area contributed by atoms with Crippen LogP contribution in [0.2, 0.25) is 0 Å². The quantitative estimate of drug-likeness (QED) is 0.759. The zero-order chi connectivity index (χ0) is 13.1. The lowest BCUT2D eigenvalue weighted by atomic mass is 10.00. The van der Waals surface area contributed by atoms with Crippen molar-refractivity contribution in [2.24, 2.45) is 11.7 Å². The molecule has 0 aromatic rings. The average Bonchev–Trinajstić information content (AvgIpc) is 2.62. The van der Waals surface area contributed by atoms with Crippen LogP contribution in [-0.4, -0.2) is 41.1 Å². The van der Waals surface area contributed by atoms with E-state index in [-0.39, 0.29) is 5.91 Å². The van der Waals surface area contributed by atoms with Gasteiger partial charge >= 0.3 is 0 Å². The van der Waals surface area contributed by atoms with Crippen LogP contribution >= 0.6 is 0 Å². The third kappa shape index (κ3) is 4.28. The van der Waals surface area contributed by atoms with Crippen molar-refractivity contribution in [1.82, 2.24) is 4.90 Å². The highest BCUT2D eigenvalue weighted by Crippen LogP contribution is 2.30. The van der Waals surface area contributed by atoms with Crippen molar-refractivity contribution in [1.29, 1.82) is 0 Å². The molecule has 1 saturated carbocycles. The molecule has 0 aromatic carbocycles. The van der Waals surface area contributed by atoms with Gasteiger partial charge in [0, 0.05) is 13.6 Å². The number of hydrogen-bond acceptors (Lipinski definition) is 3. The van der Waals surface area contributed by atoms with E-state index in [2.05, 4.69) is 13.8 Å². The van der Waals surface area contributed by atoms with Crippen molar-refractivity contribution >= 4 is 5.91 Å². The maximum atomic E-state index is 12.0. The minimum atomic E-state index is -0.679. The molecular formula is C13H26N2O2. The summed E-state index contributed by atoms with van der Waals surface area (Å²) in [4.78, 5) is 13.6. The zero-order valence-electron chi connectivity index (χ0n) is 11.3. The van der Waals surface area contributed by atoms with Crippen molar-refractivity contribution in [3.05, 3.63) is 0 Å². The Balaban J connectivity index is 2.46. The SMILES string of the molecule is CC(C)C[C@H](N)C(=O)N(C)CC1(O)CCCC1. The Bertz CT molecular complexity index is 260. The van der Waals surface area contributed by atoms with Crippen LogP contribution < -0.4 is 5.73 Å². The first-order valence-corrected chi connectivity index (χ1v) is 6.57. The number of nitrogens with two attached hydrogens (primary N) is 1. The van der Waals surface area contributed by atoms with E-state index in [1.54, 1.807) is 11.9 Å². The van der Waals surface area contributed by atoms with Gasteiger partial charge < -0.3 is 15.7 Å². The Kier molecular flexibility index (Phi) is 4.95. The summed E-state index contributed by atoms with van der Waals surface area (Å²) in [5, 5.41) is 10.2. The molecule has 0 spiro atoms. The molecule has 3 N–H and O–H groups in total. The molecule has 0 aromatic heterocycles. The highest BCUT2D eigenvalue weighted by molar-refractivity contribution is 5.81. The van der Waals surface area contributed by atoms with Crippen LogP contribution in [0.5, 0.6) is 0 Å². The Hall–Kier alpha value is -0.610. The molecule has 1 aliphatic carbocycles. The first-order valence-electron chi connectivity index (χ1n) is 6.57. The number of amides is 1. The standard InChI is InChI=1S/C13H26N2O2/c1-10(2)8-11(14)12(16)15(3)9-13(17)6-4-5-7-13/h10-11,17H,4-9,14H2,1-3H3/t11-/m0/s1. The molecule has 0 aliphatic heterocycles. The van der Waals surface area contributed by atoms with E-state index in [0.717, 1.165) is 25.7 Å². The number of aliphatic hydroxyl groups is 1. The summed E-state index contributed by atoms with van der Waals surface area (Å²) in [5.41, 5.74) is 5.18. The number of likely N-dealkylation sites (N-methyl/N-ethyl adjacent to an activating group) is 1. The van der Waals surface area contributed by atoms with E-state index in [9.17, 15) is 9.90 Å².